The SMILES string of the molecule is CCc1c(C)/c2[n-]/c1=C\c1[n-]c3c(c1C)C(=O)[C@H](C(=O)OC)/C3=C1/[N-]/C(=C\c3[n-]c(c(C)c3C)\C=2)[C@@H](C)[C@@H]1CC.[Mg+2]. The number of ether oxygens (including phenoxy) is 1. The van der Waals surface area contributed by atoms with Gasteiger partial charge in [-0.05, 0) is 46.0 Å². The van der Waals surface area contributed by atoms with Crippen molar-refractivity contribution in [1.29, 1.82) is 0 Å². The molecule has 41 heavy (non-hydrogen) atoms. The van der Waals surface area contributed by atoms with Gasteiger partial charge in [0.25, 0.3) is 0 Å². The molecule has 8 heteroatoms. The molecule has 8 bridgehead atoms. The van der Waals surface area contributed by atoms with E-state index >= 15 is 0 Å². The molecule has 0 radical (unpaired) electrons. The summed E-state index contributed by atoms with van der Waals surface area (Å²) in [6.45, 7) is 14.6. The van der Waals surface area contributed by atoms with Crippen LogP contribution in [-0.2, 0) is 16.0 Å². The number of rotatable bonds is 3. The summed E-state index contributed by atoms with van der Waals surface area (Å²) >= 11 is 0. The molecule has 0 N–H and O–H groups in total. The summed E-state index contributed by atoms with van der Waals surface area (Å²) in [6.07, 6.45) is 7.74. The van der Waals surface area contributed by atoms with Crippen LogP contribution in [-0.4, -0.2) is 41.9 Å². The predicted molar refractivity (Wildman–Crippen MR) is 161 cm³/mol. The van der Waals surface area contributed by atoms with Crippen molar-refractivity contribution in [2.24, 2.45) is 17.8 Å². The van der Waals surface area contributed by atoms with Crippen molar-refractivity contribution >= 4 is 58.6 Å². The van der Waals surface area contributed by atoms with E-state index in [1.165, 1.54) is 7.11 Å². The normalized spacial score (nSPS) is 25.4. The molecule has 3 atom stereocenters. The first-order chi connectivity index (χ1) is 19.1. The van der Waals surface area contributed by atoms with Gasteiger partial charge < -0.3 is 25.0 Å². The zero-order chi connectivity index (χ0) is 28.6. The molecule has 0 unspecified atom stereocenters. The average Bonchev–Trinajstić information content (AvgIpc) is 3.66. The van der Waals surface area contributed by atoms with Crippen molar-refractivity contribution in [2.45, 2.75) is 61.3 Å². The van der Waals surface area contributed by atoms with Crippen molar-refractivity contribution < 1.29 is 14.3 Å². The van der Waals surface area contributed by atoms with Gasteiger partial charge in [-0.2, -0.15) is 11.4 Å². The van der Waals surface area contributed by atoms with Crippen molar-refractivity contribution in [3.63, 3.8) is 0 Å². The van der Waals surface area contributed by atoms with Crippen LogP contribution in [0.5, 0.6) is 0 Å². The van der Waals surface area contributed by atoms with Gasteiger partial charge in [-0.1, -0.05) is 78.8 Å². The van der Waals surface area contributed by atoms with E-state index < -0.39 is 11.9 Å². The van der Waals surface area contributed by atoms with Crippen LogP contribution in [0.25, 0.3) is 29.1 Å². The Labute approximate surface area is 256 Å². The Kier molecular flexibility index (Phi) is 7.53. The molecular weight excluding hydrogens is 525 g/mol. The third-order valence-corrected chi connectivity index (χ3v) is 9.25. The number of methoxy groups -OCH3 is 1. The van der Waals surface area contributed by atoms with Gasteiger partial charge in [0.2, 0.25) is 0 Å². The van der Waals surface area contributed by atoms with E-state index in [2.05, 4.69) is 53.7 Å². The van der Waals surface area contributed by atoms with Gasteiger partial charge in [-0.15, -0.1) is 33.5 Å². The van der Waals surface area contributed by atoms with E-state index in [0.717, 1.165) is 74.1 Å². The van der Waals surface area contributed by atoms with Gasteiger partial charge in [0, 0.05) is 5.56 Å². The first kappa shape index (κ1) is 29.3. The van der Waals surface area contributed by atoms with Crippen LogP contribution >= 0.6 is 0 Å². The summed E-state index contributed by atoms with van der Waals surface area (Å²) in [6, 6.07) is 0. The first-order valence-electron chi connectivity index (χ1n) is 14.1. The Morgan fingerprint density at radius 1 is 0.878 bits per heavy atom. The molecule has 0 aromatic carbocycles. The maximum Gasteiger partial charge on any atom is 2.00 e. The van der Waals surface area contributed by atoms with Gasteiger partial charge in [0.1, 0.15) is 5.92 Å². The number of fused-ring (bicyclic) bond motifs is 7. The molecule has 208 valence electrons. The molecule has 2 aliphatic heterocycles. The Bertz CT molecular complexity index is 1800. The van der Waals surface area contributed by atoms with Crippen LogP contribution in [0, 0.1) is 45.4 Å². The molecular formula is C33H34MgN4O3-2. The quantitative estimate of drug-likeness (QED) is 0.276. The Balaban J connectivity index is 0.00000337. The zero-order valence-electron chi connectivity index (χ0n) is 25.1. The fourth-order valence-corrected chi connectivity index (χ4v) is 6.66. The molecule has 5 heterocycles. The van der Waals surface area contributed by atoms with Gasteiger partial charge in [-0.3, -0.25) is 9.59 Å². The molecule has 1 fully saturated rings. The van der Waals surface area contributed by atoms with Crippen molar-refractivity contribution in [3.05, 3.63) is 83.6 Å². The number of allylic oxidation sites excluding steroid dienone is 2. The first-order valence-corrected chi connectivity index (χ1v) is 14.1. The molecule has 3 aliphatic rings. The second-order valence-electron chi connectivity index (χ2n) is 11.2. The maximum atomic E-state index is 13.9. The molecule has 3 aromatic rings. The third kappa shape index (κ3) is 4.21. The van der Waals surface area contributed by atoms with E-state index in [1.54, 1.807) is 0 Å². The predicted octanol–water partition coefficient (Wildman–Crippen LogP) is 3.73. The average molecular weight is 559 g/mol. The third-order valence-electron chi connectivity index (χ3n) is 9.25. The van der Waals surface area contributed by atoms with Gasteiger partial charge >= 0.3 is 29.0 Å². The second kappa shape index (κ2) is 10.6. The minimum absolute atomic E-state index is 0. The molecule has 0 amide bonds. The Morgan fingerprint density at radius 3 is 2.15 bits per heavy atom. The number of aromatic nitrogens is 3. The van der Waals surface area contributed by atoms with Crippen LogP contribution in [0.15, 0.2) is 11.4 Å². The van der Waals surface area contributed by atoms with E-state index in [1.807, 2.05) is 13.0 Å². The molecule has 1 saturated heterocycles. The number of carbonyl (C=O) groups is 2. The number of Topliss-reactive ketones (excluding diaryl/α,β-unsaturated/α-hetero) is 1. The van der Waals surface area contributed by atoms with Gasteiger partial charge in [0.05, 0.1) is 7.11 Å². The minimum atomic E-state index is -1.06. The topological polar surface area (TPSA) is 99.8 Å². The maximum absolute atomic E-state index is 13.9. The van der Waals surface area contributed by atoms with Crippen LogP contribution in [0.4, 0.5) is 0 Å². The van der Waals surface area contributed by atoms with E-state index in [4.69, 9.17) is 25.0 Å². The zero-order valence-corrected chi connectivity index (χ0v) is 26.5. The van der Waals surface area contributed by atoms with E-state index in [-0.39, 0.29) is 40.7 Å². The molecule has 6 rings (SSSR count). The van der Waals surface area contributed by atoms with Crippen LogP contribution < -0.4 is 25.7 Å². The Morgan fingerprint density at radius 2 is 1.51 bits per heavy atom. The van der Waals surface area contributed by atoms with Crippen molar-refractivity contribution in [1.82, 2.24) is 15.0 Å². The fourth-order valence-electron chi connectivity index (χ4n) is 6.66. The fraction of sp³-hybridized carbons (Fsp3) is 0.394. The molecule has 3 aromatic heterocycles. The standard InChI is InChI=1S/C33H35N4O3.Mg/c1-9-19-16(5)23-11-21-14(3)15(4)22(34-21)12-24-17(6)20(10-2)30(36-24)28-29(33(39)40-8)32(38)27-18(7)25(37-31(27)28)13-26(19)35-23;/h11-13,17,20,29H,9-10H2,1-8H3,(H-,36,37,38);/q-3;+2/p-1/b23-11-,24-12-,26-13-;/t17-,20-,29+;/m0./s1. The van der Waals surface area contributed by atoms with E-state index in [9.17, 15) is 9.59 Å². The molecule has 0 spiro atoms. The van der Waals surface area contributed by atoms with Crippen LogP contribution in [0.2, 0.25) is 0 Å². The second-order valence-corrected chi connectivity index (χ2v) is 11.2. The number of nitrogens with zero attached hydrogens (tertiary/aromatic N) is 4. The number of hydrogen-bond acceptors (Lipinski definition) is 3. The van der Waals surface area contributed by atoms with Gasteiger partial charge in [0.15, 0.2) is 5.78 Å². The molecule has 1 aliphatic carbocycles. The number of hydrogen-bond donors (Lipinski definition) is 0. The molecule has 0 saturated carbocycles. The van der Waals surface area contributed by atoms with E-state index in [0.29, 0.717) is 22.5 Å². The van der Waals surface area contributed by atoms with Crippen molar-refractivity contribution in [2.75, 3.05) is 7.11 Å². The minimum Gasteiger partial charge on any atom is -0.664 e. The smallest absolute Gasteiger partial charge is 0.664 e. The van der Waals surface area contributed by atoms with Gasteiger partial charge in [-0.25, -0.2) is 0 Å². The van der Waals surface area contributed by atoms with Crippen LogP contribution in [0.3, 0.4) is 0 Å². The summed E-state index contributed by atoms with van der Waals surface area (Å²) in [5.41, 5.74) is 11.0. The monoisotopic (exact) mass is 558 g/mol. The summed E-state index contributed by atoms with van der Waals surface area (Å²) in [5.74, 6) is -1.79. The molecule has 7 nitrogen and oxygen atoms in total. The summed E-state index contributed by atoms with van der Waals surface area (Å²) in [5, 5.41) is 6.86. The Hall–Kier alpha value is -3.23. The summed E-state index contributed by atoms with van der Waals surface area (Å²) < 4.78 is 5.14. The number of ketones is 1. The summed E-state index contributed by atoms with van der Waals surface area (Å²) in [4.78, 5) is 42.0. The van der Waals surface area contributed by atoms with Crippen LogP contribution in [0.1, 0.15) is 88.1 Å². The summed E-state index contributed by atoms with van der Waals surface area (Å²) in [7, 11) is 1.32. The number of carbonyl (C=O) groups excluding carboxylic acids is 2. The largest absolute Gasteiger partial charge is 2.00 e. The number of esters is 1. The van der Waals surface area contributed by atoms with Crippen molar-refractivity contribution in [3.8, 4) is 0 Å².